The summed E-state index contributed by atoms with van der Waals surface area (Å²) in [6.45, 7) is 5.66. The van der Waals surface area contributed by atoms with Crippen LogP contribution in [0.4, 0.5) is 0 Å². The van der Waals surface area contributed by atoms with E-state index >= 15 is 0 Å². The van der Waals surface area contributed by atoms with Gasteiger partial charge in [-0.05, 0) is 37.5 Å². The lowest BCUT2D eigenvalue weighted by Crippen LogP contribution is -2.22. The summed E-state index contributed by atoms with van der Waals surface area (Å²) in [7, 11) is 0. The largest absolute Gasteiger partial charge is 0.347 e. The van der Waals surface area contributed by atoms with Crippen molar-refractivity contribution in [2.24, 2.45) is 0 Å². The first-order chi connectivity index (χ1) is 15.5. The number of aryl methyl sites for hydroxylation is 4. The number of amides is 2. The maximum absolute atomic E-state index is 12.9. The molecular weight excluding hydrogens is 400 g/mol. The molecule has 1 N–H and O–H groups in total. The Bertz CT molecular complexity index is 1390. The molecule has 2 amide bonds. The Morgan fingerprint density at radius 2 is 1.53 bits per heavy atom. The predicted molar refractivity (Wildman–Crippen MR) is 125 cm³/mol. The zero-order valence-corrected chi connectivity index (χ0v) is 18.1. The average Bonchev–Trinajstić information content (AvgIpc) is 3.44. The molecule has 2 aromatic carbocycles. The Morgan fingerprint density at radius 1 is 0.844 bits per heavy atom. The van der Waals surface area contributed by atoms with Crippen molar-refractivity contribution in [3.05, 3.63) is 89.6 Å². The molecule has 3 heterocycles. The van der Waals surface area contributed by atoms with E-state index in [4.69, 9.17) is 0 Å². The van der Waals surface area contributed by atoms with Gasteiger partial charge in [-0.1, -0.05) is 42.5 Å². The van der Waals surface area contributed by atoms with Gasteiger partial charge in [0.25, 0.3) is 11.8 Å². The minimum absolute atomic E-state index is 0.341. The monoisotopic (exact) mass is 424 g/mol. The van der Waals surface area contributed by atoms with Gasteiger partial charge in [0, 0.05) is 47.6 Å². The molecule has 6 nitrogen and oxygen atoms in total. The first-order valence-corrected chi connectivity index (χ1v) is 10.8. The molecule has 0 spiro atoms. The van der Waals surface area contributed by atoms with Gasteiger partial charge >= 0.3 is 0 Å². The zero-order valence-electron chi connectivity index (χ0n) is 18.1. The summed E-state index contributed by atoms with van der Waals surface area (Å²) in [5.74, 6) is -0.683. The fourth-order valence-corrected chi connectivity index (χ4v) is 4.49. The van der Waals surface area contributed by atoms with E-state index in [1.54, 1.807) is 0 Å². The maximum atomic E-state index is 12.9. The van der Waals surface area contributed by atoms with Gasteiger partial charge in [0.1, 0.15) is 0 Å². The van der Waals surface area contributed by atoms with Gasteiger partial charge in [-0.15, -0.1) is 0 Å². The van der Waals surface area contributed by atoms with Crippen LogP contribution in [0.5, 0.6) is 0 Å². The van der Waals surface area contributed by atoms with Crippen LogP contribution in [0.3, 0.4) is 0 Å². The second kappa shape index (κ2) is 7.96. The van der Waals surface area contributed by atoms with Crippen LogP contribution in [-0.4, -0.2) is 25.9 Å². The van der Waals surface area contributed by atoms with Crippen molar-refractivity contribution in [3.8, 4) is 0 Å². The molecule has 1 aliphatic rings. The second-order valence-corrected chi connectivity index (χ2v) is 8.18. The highest BCUT2D eigenvalue weighted by atomic mass is 16.2. The van der Waals surface area contributed by atoms with Gasteiger partial charge in [0.2, 0.25) is 0 Å². The molecule has 0 unspecified atom stereocenters. The van der Waals surface area contributed by atoms with E-state index in [0.717, 1.165) is 52.8 Å². The number of carbonyl (C=O) groups excluding carboxylic acids is 2. The summed E-state index contributed by atoms with van der Waals surface area (Å²) < 4.78 is 4.31. The Kier molecular flexibility index (Phi) is 4.98. The van der Waals surface area contributed by atoms with Crippen LogP contribution in [0.15, 0.2) is 67.3 Å². The third-order valence-electron chi connectivity index (χ3n) is 6.12. The van der Waals surface area contributed by atoms with E-state index in [1.807, 2.05) is 75.0 Å². The third-order valence-corrected chi connectivity index (χ3v) is 6.12. The summed E-state index contributed by atoms with van der Waals surface area (Å²) in [4.78, 5) is 29.9. The number of nitrogens with zero attached hydrogens (tertiary/aromatic N) is 3. The molecule has 0 aliphatic carbocycles. The first kappa shape index (κ1) is 20.0. The minimum Gasteiger partial charge on any atom is -0.347 e. The van der Waals surface area contributed by atoms with Gasteiger partial charge in [-0.25, -0.2) is 4.98 Å². The number of para-hydroxylation sites is 1. The van der Waals surface area contributed by atoms with Crippen molar-refractivity contribution in [2.45, 2.75) is 33.4 Å². The molecular formula is C26H24N4O2. The lowest BCUT2D eigenvalue weighted by Gasteiger charge is -2.07. The summed E-state index contributed by atoms with van der Waals surface area (Å²) in [6.07, 6.45) is 6.64. The molecule has 0 atom stereocenters. The van der Waals surface area contributed by atoms with Crippen molar-refractivity contribution >= 4 is 33.9 Å². The normalized spacial score (nSPS) is 13.9. The van der Waals surface area contributed by atoms with Gasteiger partial charge in [0.05, 0.1) is 17.5 Å². The second-order valence-electron chi connectivity index (χ2n) is 8.18. The van der Waals surface area contributed by atoms with E-state index in [2.05, 4.69) is 25.5 Å². The summed E-state index contributed by atoms with van der Waals surface area (Å²) >= 11 is 0. The fourth-order valence-electron chi connectivity index (χ4n) is 4.49. The van der Waals surface area contributed by atoms with Crippen molar-refractivity contribution < 1.29 is 9.59 Å². The van der Waals surface area contributed by atoms with Crippen LogP contribution in [0.25, 0.3) is 22.0 Å². The topological polar surface area (TPSA) is 68.9 Å². The number of aromatic nitrogens is 3. The van der Waals surface area contributed by atoms with Gasteiger partial charge in [0.15, 0.2) is 0 Å². The zero-order chi connectivity index (χ0) is 22.2. The summed E-state index contributed by atoms with van der Waals surface area (Å²) in [5.41, 5.74) is 5.63. The van der Waals surface area contributed by atoms with E-state index in [1.165, 1.54) is 0 Å². The SMILES string of the molecule is Cc1ccccc1C1=C(c2cn(CCCn3cncc3C)c3ccccc23)C(=O)NC1=O. The molecule has 2 aromatic heterocycles. The Hall–Kier alpha value is -3.93. The lowest BCUT2D eigenvalue weighted by atomic mass is 9.93. The molecule has 32 heavy (non-hydrogen) atoms. The highest BCUT2D eigenvalue weighted by molar-refractivity contribution is 6.50. The number of imidazole rings is 1. The Morgan fingerprint density at radius 3 is 2.28 bits per heavy atom. The van der Waals surface area contributed by atoms with Crippen LogP contribution in [0.1, 0.15) is 28.8 Å². The number of benzene rings is 2. The number of imide groups is 1. The van der Waals surface area contributed by atoms with Crippen molar-refractivity contribution in [1.29, 1.82) is 0 Å². The number of hydrogen-bond donors (Lipinski definition) is 1. The summed E-state index contributed by atoms with van der Waals surface area (Å²) in [6, 6.07) is 15.7. The van der Waals surface area contributed by atoms with Crippen molar-refractivity contribution in [1.82, 2.24) is 19.4 Å². The van der Waals surface area contributed by atoms with Crippen LogP contribution >= 0.6 is 0 Å². The molecule has 6 heteroatoms. The molecule has 0 fully saturated rings. The van der Waals surface area contributed by atoms with E-state index in [9.17, 15) is 9.59 Å². The number of hydrogen-bond acceptors (Lipinski definition) is 3. The molecule has 0 saturated carbocycles. The standard InChI is InChI=1S/C26H24N4O2/c1-17-8-3-4-9-19(17)23-24(26(32)28-25(23)31)21-15-29(22-11-6-5-10-20(21)22)12-7-13-30-16-27-14-18(30)2/h3-6,8-11,14-16H,7,12-13H2,1-2H3,(H,28,31,32). The molecule has 0 bridgehead atoms. The van der Waals surface area contributed by atoms with Crippen molar-refractivity contribution in [3.63, 3.8) is 0 Å². The van der Waals surface area contributed by atoms with Gasteiger partial charge < -0.3 is 9.13 Å². The molecule has 0 saturated heterocycles. The smallest absolute Gasteiger partial charge is 0.259 e. The Labute approximate surface area is 186 Å². The molecule has 1 aliphatic heterocycles. The first-order valence-electron chi connectivity index (χ1n) is 10.8. The molecule has 160 valence electrons. The van der Waals surface area contributed by atoms with Crippen LogP contribution < -0.4 is 5.32 Å². The van der Waals surface area contributed by atoms with E-state index < -0.39 is 0 Å². The van der Waals surface area contributed by atoms with E-state index in [-0.39, 0.29) is 11.8 Å². The van der Waals surface area contributed by atoms with Crippen molar-refractivity contribution in [2.75, 3.05) is 0 Å². The maximum Gasteiger partial charge on any atom is 0.259 e. The van der Waals surface area contributed by atoms with Crippen LogP contribution in [0.2, 0.25) is 0 Å². The predicted octanol–water partition coefficient (Wildman–Crippen LogP) is 4.11. The minimum atomic E-state index is -0.342. The number of nitrogens with one attached hydrogen (secondary N) is 1. The quantitative estimate of drug-likeness (QED) is 0.474. The highest BCUT2D eigenvalue weighted by Gasteiger charge is 2.34. The summed E-state index contributed by atoms with van der Waals surface area (Å²) in [5, 5.41) is 3.48. The van der Waals surface area contributed by atoms with Gasteiger partial charge in [-0.3, -0.25) is 14.9 Å². The highest BCUT2D eigenvalue weighted by Crippen LogP contribution is 2.36. The fraction of sp³-hybridized carbons (Fsp3) is 0.192. The van der Waals surface area contributed by atoms with Crippen LogP contribution in [-0.2, 0) is 22.7 Å². The van der Waals surface area contributed by atoms with Gasteiger partial charge in [-0.2, -0.15) is 0 Å². The molecule has 5 rings (SSSR count). The van der Waals surface area contributed by atoms with Crippen LogP contribution in [0, 0.1) is 13.8 Å². The molecule has 4 aromatic rings. The third kappa shape index (κ3) is 3.34. The number of fused-ring (bicyclic) bond motifs is 1. The Balaban J connectivity index is 1.59. The lowest BCUT2D eigenvalue weighted by molar-refractivity contribution is -0.122. The number of rotatable bonds is 6. The average molecular weight is 425 g/mol. The van der Waals surface area contributed by atoms with E-state index in [0.29, 0.717) is 11.1 Å². The molecule has 0 radical (unpaired) electrons. The number of carbonyl (C=O) groups is 2.